The summed E-state index contributed by atoms with van der Waals surface area (Å²) in [5, 5.41) is 11.2. The highest BCUT2D eigenvalue weighted by Gasteiger charge is 2.24. The topological polar surface area (TPSA) is 43.8 Å². The normalized spacial score (nSPS) is 15.6. The van der Waals surface area contributed by atoms with E-state index in [1.54, 1.807) is 19.1 Å². The van der Waals surface area contributed by atoms with Crippen LogP contribution in [0.15, 0.2) is 48.5 Å². The molecule has 1 atom stereocenters. The molecule has 0 fully saturated rings. The summed E-state index contributed by atoms with van der Waals surface area (Å²) in [4.78, 5) is 15.9. The Hall–Kier alpha value is -2.04. The van der Waals surface area contributed by atoms with E-state index in [0.717, 1.165) is 29.9 Å². The van der Waals surface area contributed by atoms with E-state index in [1.807, 2.05) is 41.3 Å². The number of nitrogens with zero attached hydrogens (tertiary/aromatic N) is 2. The lowest BCUT2D eigenvalue weighted by Crippen LogP contribution is -2.29. The van der Waals surface area contributed by atoms with Gasteiger partial charge >= 0.3 is 0 Å². The second-order valence-corrected chi connectivity index (χ2v) is 6.46. The largest absolute Gasteiger partial charge is 0.387 e. The molecule has 1 amide bonds. The van der Waals surface area contributed by atoms with Crippen LogP contribution in [0.25, 0.3) is 0 Å². The van der Waals surface area contributed by atoms with E-state index in [0.29, 0.717) is 18.1 Å². The van der Waals surface area contributed by atoms with Crippen molar-refractivity contribution in [2.75, 3.05) is 29.4 Å². The first-order chi connectivity index (χ1) is 11.6. The number of hydrogen-bond acceptors (Lipinski definition) is 3. The van der Waals surface area contributed by atoms with Crippen molar-refractivity contribution in [3.05, 3.63) is 59.1 Å². The van der Waals surface area contributed by atoms with Crippen LogP contribution in [0.5, 0.6) is 0 Å². The van der Waals surface area contributed by atoms with Crippen LogP contribution in [0, 0.1) is 0 Å². The molecule has 0 spiro atoms. The Bertz CT molecular complexity index is 718. The smallest absolute Gasteiger partial charge is 0.223 e. The lowest BCUT2D eigenvalue weighted by atomic mass is 10.1. The summed E-state index contributed by atoms with van der Waals surface area (Å²) in [5.41, 5.74) is 2.73. The van der Waals surface area contributed by atoms with Crippen molar-refractivity contribution in [1.29, 1.82) is 0 Å². The number of halogens is 1. The molecule has 0 aliphatic carbocycles. The van der Waals surface area contributed by atoms with Crippen LogP contribution in [-0.4, -0.2) is 30.6 Å². The Balaban J connectivity index is 1.86. The van der Waals surface area contributed by atoms with Gasteiger partial charge in [0.1, 0.15) is 0 Å². The fraction of sp³-hybridized carbons (Fsp3) is 0.316. The Morgan fingerprint density at radius 3 is 2.46 bits per heavy atom. The zero-order chi connectivity index (χ0) is 17.1. The van der Waals surface area contributed by atoms with Crippen molar-refractivity contribution >= 4 is 28.9 Å². The number of hydrogen-bond donors (Lipinski definition) is 1. The zero-order valence-electron chi connectivity index (χ0n) is 13.7. The van der Waals surface area contributed by atoms with Gasteiger partial charge in [-0.1, -0.05) is 35.9 Å². The van der Waals surface area contributed by atoms with Crippen LogP contribution in [-0.2, 0) is 4.79 Å². The van der Waals surface area contributed by atoms with Gasteiger partial charge in [0.15, 0.2) is 0 Å². The van der Waals surface area contributed by atoms with E-state index >= 15 is 0 Å². The molecule has 5 heteroatoms. The summed E-state index contributed by atoms with van der Waals surface area (Å²) < 4.78 is 0. The lowest BCUT2D eigenvalue weighted by molar-refractivity contribution is -0.116. The van der Waals surface area contributed by atoms with Crippen molar-refractivity contribution in [3.8, 4) is 0 Å². The van der Waals surface area contributed by atoms with Crippen LogP contribution < -0.4 is 9.80 Å². The van der Waals surface area contributed by atoms with Gasteiger partial charge in [0.25, 0.3) is 0 Å². The lowest BCUT2D eigenvalue weighted by Gasteiger charge is -2.28. The van der Waals surface area contributed by atoms with Crippen LogP contribution in [0.1, 0.15) is 25.0 Å². The van der Waals surface area contributed by atoms with E-state index < -0.39 is 6.10 Å². The second kappa shape index (κ2) is 7.24. The number of fused-ring (bicyclic) bond motifs is 1. The van der Waals surface area contributed by atoms with Crippen LogP contribution in [0.3, 0.4) is 0 Å². The fourth-order valence-electron chi connectivity index (χ4n) is 3.14. The monoisotopic (exact) mass is 344 g/mol. The third kappa shape index (κ3) is 3.55. The van der Waals surface area contributed by atoms with Gasteiger partial charge in [0, 0.05) is 31.6 Å². The summed E-state index contributed by atoms with van der Waals surface area (Å²) >= 11 is 5.91. The number of para-hydroxylation sites is 2. The molecule has 0 aromatic heterocycles. The number of anilines is 2. The van der Waals surface area contributed by atoms with Crippen molar-refractivity contribution in [1.82, 2.24) is 0 Å². The Kier molecular flexibility index (Phi) is 5.07. The molecule has 3 rings (SSSR count). The van der Waals surface area contributed by atoms with Crippen LogP contribution >= 0.6 is 11.6 Å². The minimum atomic E-state index is -0.612. The minimum Gasteiger partial charge on any atom is -0.387 e. The number of amides is 1. The van der Waals surface area contributed by atoms with Crippen molar-refractivity contribution < 1.29 is 9.90 Å². The fourth-order valence-corrected chi connectivity index (χ4v) is 3.26. The maximum absolute atomic E-state index is 11.9. The van der Waals surface area contributed by atoms with Gasteiger partial charge in [-0.25, -0.2) is 0 Å². The Labute approximate surface area is 147 Å². The summed E-state index contributed by atoms with van der Waals surface area (Å²) in [5.74, 6) is 0.0440. The highest BCUT2D eigenvalue weighted by atomic mass is 35.5. The summed E-state index contributed by atoms with van der Waals surface area (Å²) in [6.45, 7) is 3.56. The number of aliphatic hydroxyl groups is 1. The third-order valence-electron chi connectivity index (χ3n) is 4.35. The summed E-state index contributed by atoms with van der Waals surface area (Å²) in [6, 6.07) is 15.1. The number of benzene rings is 2. The number of aliphatic hydroxyl groups excluding tert-OH is 1. The van der Waals surface area contributed by atoms with Gasteiger partial charge in [-0.05, 0) is 36.2 Å². The molecule has 1 aliphatic rings. The van der Waals surface area contributed by atoms with Crippen molar-refractivity contribution in [2.45, 2.75) is 19.4 Å². The molecule has 0 saturated carbocycles. The molecule has 0 bridgehead atoms. The Morgan fingerprint density at radius 2 is 1.79 bits per heavy atom. The average molecular weight is 345 g/mol. The van der Waals surface area contributed by atoms with Crippen molar-refractivity contribution in [2.24, 2.45) is 0 Å². The molecule has 1 heterocycles. The highest BCUT2D eigenvalue weighted by molar-refractivity contribution is 6.30. The number of β-amino-alcohol motifs (C(OH)–C–C–N with tert-alkyl or cyclic N) is 1. The molecule has 2 aromatic rings. The SMILES string of the molecule is CC(=O)N1CCCN(CC(O)c2ccc(Cl)cc2)c2ccccc21. The quantitative estimate of drug-likeness (QED) is 0.924. The molecule has 0 radical (unpaired) electrons. The molecule has 1 aliphatic heterocycles. The maximum Gasteiger partial charge on any atom is 0.223 e. The molecular formula is C19H21ClN2O2. The number of carbonyl (C=O) groups is 1. The highest BCUT2D eigenvalue weighted by Crippen LogP contribution is 2.33. The molecule has 1 N–H and O–H groups in total. The first-order valence-electron chi connectivity index (χ1n) is 8.12. The van der Waals surface area contributed by atoms with E-state index in [1.165, 1.54) is 0 Å². The molecule has 1 unspecified atom stereocenters. The van der Waals surface area contributed by atoms with Gasteiger partial charge in [-0.3, -0.25) is 4.79 Å². The molecule has 4 nitrogen and oxygen atoms in total. The molecular weight excluding hydrogens is 324 g/mol. The number of rotatable bonds is 3. The predicted molar refractivity (Wildman–Crippen MR) is 97.7 cm³/mol. The molecule has 2 aromatic carbocycles. The van der Waals surface area contributed by atoms with Gasteiger partial charge < -0.3 is 14.9 Å². The third-order valence-corrected chi connectivity index (χ3v) is 4.60. The van der Waals surface area contributed by atoms with Gasteiger partial charge in [-0.2, -0.15) is 0 Å². The molecule has 126 valence electrons. The summed E-state index contributed by atoms with van der Waals surface area (Å²) in [6.07, 6.45) is 0.251. The van der Waals surface area contributed by atoms with Crippen LogP contribution in [0.2, 0.25) is 5.02 Å². The van der Waals surface area contributed by atoms with Gasteiger partial charge in [0.05, 0.1) is 17.5 Å². The van der Waals surface area contributed by atoms with Crippen LogP contribution in [0.4, 0.5) is 11.4 Å². The van der Waals surface area contributed by atoms with Gasteiger partial charge in [0.2, 0.25) is 5.91 Å². The van der Waals surface area contributed by atoms with E-state index in [-0.39, 0.29) is 5.91 Å². The van der Waals surface area contributed by atoms with E-state index in [2.05, 4.69) is 4.90 Å². The first kappa shape index (κ1) is 16.8. The maximum atomic E-state index is 11.9. The minimum absolute atomic E-state index is 0.0440. The summed E-state index contributed by atoms with van der Waals surface area (Å²) in [7, 11) is 0. The standard InChI is InChI=1S/C19H21ClN2O2/c1-14(23)22-12-4-11-21(17-5-2-3-6-18(17)22)13-19(24)15-7-9-16(20)10-8-15/h2-3,5-10,19,24H,4,11-13H2,1H3. The van der Waals surface area contributed by atoms with E-state index in [9.17, 15) is 9.90 Å². The first-order valence-corrected chi connectivity index (χ1v) is 8.49. The van der Waals surface area contributed by atoms with Crippen molar-refractivity contribution in [3.63, 3.8) is 0 Å². The Morgan fingerprint density at radius 1 is 1.12 bits per heavy atom. The van der Waals surface area contributed by atoms with Gasteiger partial charge in [-0.15, -0.1) is 0 Å². The second-order valence-electron chi connectivity index (χ2n) is 6.03. The molecule has 0 saturated heterocycles. The zero-order valence-corrected chi connectivity index (χ0v) is 14.4. The van der Waals surface area contributed by atoms with E-state index in [4.69, 9.17) is 11.6 Å². The average Bonchev–Trinajstić information content (AvgIpc) is 2.75. The predicted octanol–water partition coefficient (Wildman–Crippen LogP) is 3.64. The number of carbonyl (C=O) groups excluding carboxylic acids is 1. The molecule has 24 heavy (non-hydrogen) atoms.